The monoisotopic (exact) mass is 277 g/mol. The highest BCUT2D eigenvalue weighted by atomic mass is 35.5. The van der Waals surface area contributed by atoms with Crippen LogP contribution < -0.4 is 5.32 Å². The van der Waals surface area contributed by atoms with E-state index < -0.39 is 0 Å². The summed E-state index contributed by atoms with van der Waals surface area (Å²) in [6.07, 6.45) is 2.00. The fourth-order valence-corrected chi connectivity index (χ4v) is 2.25. The van der Waals surface area contributed by atoms with E-state index in [9.17, 15) is 0 Å². The topological polar surface area (TPSA) is 50.0 Å². The van der Waals surface area contributed by atoms with Crippen molar-refractivity contribution < 1.29 is 4.74 Å². The molecule has 0 aliphatic rings. The van der Waals surface area contributed by atoms with Gasteiger partial charge in [0.2, 0.25) is 0 Å². The summed E-state index contributed by atoms with van der Waals surface area (Å²) in [5.74, 6) is 0. The molecule has 0 saturated carbocycles. The highest BCUT2D eigenvalue weighted by Gasteiger charge is 2.08. The van der Waals surface area contributed by atoms with Crippen LogP contribution in [0, 0.1) is 11.3 Å². The van der Waals surface area contributed by atoms with Gasteiger partial charge in [-0.25, -0.2) is 0 Å². The Morgan fingerprint density at radius 2 is 2.32 bits per heavy atom. The predicted molar refractivity (Wildman–Crippen MR) is 76.1 cm³/mol. The van der Waals surface area contributed by atoms with Gasteiger partial charge in [0.25, 0.3) is 0 Å². The number of fused-ring (bicyclic) bond motifs is 1. The van der Waals surface area contributed by atoms with Gasteiger partial charge in [-0.15, -0.1) is 0 Å². The maximum Gasteiger partial charge on any atom is 0.110 e. The Balaban J connectivity index is 2.26. The molecule has 0 atom stereocenters. The molecule has 0 saturated heterocycles. The molecule has 0 spiro atoms. The Kier molecular flexibility index (Phi) is 4.80. The quantitative estimate of drug-likeness (QED) is 0.826. The van der Waals surface area contributed by atoms with Crippen molar-refractivity contribution in [3.05, 3.63) is 35.0 Å². The molecule has 1 N–H and O–H groups in total. The fraction of sp³-hybridized carbons (Fsp3) is 0.357. The standard InChI is InChI=1S/C14H16ClN3O/c1-19-7-5-17-9-11-10-18(6-4-16)14-8-12(15)2-3-13(11)14/h2-3,8,10,17H,5-7,9H2,1H3. The molecule has 1 aromatic heterocycles. The summed E-state index contributed by atoms with van der Waals surface area (Å²) in [5, 5.41) is 14.0. The van der Waals surface area contributed by atoms with Crippen molar-refractivity contribution in [1.29, 1.82) is 5.26 Å². The van der Waals surface area contributed by atoms with Crippen LogP contribution >= 0.6 is 11.6 Å². The van der Waals surface area contributed by atoms with Crippen LogP contribution in [0.2, 0.25) is 5.02 Å². The molecule has 0 fully saturated rings. The first-order valence-electron chi connectivity index (χ1n) is 6.10. The third-order valence-corrected chi connectivity index (χ3v) is 3.20. The van der Waals surface area contributed by atoms with E-state index in [2.05, 4.69) is 11.4 Å². The van der Waals surface area contributed by atoms with Crippen LogP contribution in [0.4, 0.5) is 0 Å². The highest BCUT2D eigenvalue weighted by molar-refractivity contribution is 6.31. The number of aromatic nitrogens is 1. The zero-order chi connectivity index (χ0) is 13.7. The van der Waals surface area contributed by atoms with Crippen LogP contribution in [0.15, 0.2) is 24.4 Å². The van der Waals surface area contributed by atoms with Crippen LogP contribution in [-0.4, -0.2) is 24.8 Å². The number of ether oxygens (including phenoxy) is 1. The molecular formula is C14H16ClN3O. The minimum Gasteiger partial charge on any atom is -0.383 e. The summed E-state index contributed by atoms with van der Waals surface area (Å²) >= 11 is 6.02. The van der Waals surface area contributed by atoms with E-state index in [-0.39, 0.29) is 0 Å². The van der Waals surface area contributed by atoms with Gasteiger partial charge in [0.15, 0.2) is 0 Å². The lowest BCUT2D eigenvalue weighted by molar-refractivity contribution is 0.199. The molecule has 0 amide bonds. The summed E-state index contributed by atoms with van der Waals surface area (Å²) < 4.78 is 6.92. The number of nitrogens with zero attached hydrogens (tertiary/aromatic N) is 2. The van der Waals surface area contributed by atoms with Gasteiger partial charge in [-0.1, -0.05) is 17.7 Å². The van der Waals surface area contributed by atoms with Gasteiger partial charge in [-0.2, -0.15) is 5.26 Å². The van der Waals surface area contributed by atoms with Crippen LogP contribution in [0.25, 0.3) is 10.9 Å². The number of nitrogens with one attached hydrogen (secondary N) is 1. The maximum absolute atomic E-state index is 8.87. The molecule has 0 unspecified atom stereocenters. The van der Waals surface area contributed by atoms with E-state index in [1.807, 2.05) is 29.0 Å². The minimum atomic E-state index is 0.328. The van der Waals surface area contributed by atoms with Crippen LogP contribution in [0.3, 0.4) is 0 Å². The van der Waals surface area contributed by atoms with Gasteiger partial charge in [0, 0.05) is 36.8 Å². The second kappa shape index (κ2) is 6.58. The molecule has 0 bridgehead atoms. The summed E-state index contributed by atoms with van der Waals surface area (Å²) in [6.45, 7) is 2.56. The molecule has 100 valence electrons. The Labute approximate surface area is 117 Å². The van der Waals surface area contributed by atoms with Crippen molar-refractivity contribution in [2.24, 2.45) is 0 Å². The van der Waals surface area contributed by atoms with E-state index in [1.54, 1.807) is 7.11 Å². The highest BCUT2D eigenvalue weighted by Crippen LogP contribution is 2.24. The lowest BCUT2D eigenvalue weighted by Crippen LogP contribution is -2.18. The van der Waals surface area contributed by atoms with Crippen LogP contribution in [0.5, 0.6) is 0 Å². The van der Waals surface area contributed by atoms with Gasteiger partial charge in [0.1, 0.15) is 6.54 Å². The number of benzene rings is 1. The first-order chi connectivity index (χ1) is 9.26. The van der Waals surface area contributed by atoms with E-state index in [4.69, 9.17) is 21.6 Å². The van der Waals surface area contributed by atoms with E-state index in [1.165, 1.54) is 0 Å². The normalized spacial score (nSPS) is 10.8. The number of hydrogen-bond acceptors (Lipinski definition) is 3. The first kappa shape index (κ1) is 13.9. The molecule has 1 heterocycles. The second-order valence-corrected chi connectivity index (χ2v) is 4.71. The lowest BCUT2D eigenvalue weighted by Gasteiger charge is -2.02. The molecule has 2 aromatic rings. The van der Waals surface area contributed by atoms with Gasteiger partial charge in [-0.05, 0) is 17.7 Å². The average Bonchev–Trinajstić information content (AvgIpc) is 2.73. The average molecular weight is 278 g/mol. The largest absolute Gasteiger partial charge is 0.383 e. The zero-order valence-corrected chi connectivity index (χ0v) is 11.6. The second-order valence-electron chi connectivity index (χ2n) is 4.27. The summed E-state index contributed by atoms with van der Waals surface area (Å²) in [4.78, 5) is 0. The lowest BCUT2D eigenvalue weighted by atomic mass is 10.2. The van der Waals surface area contributed by atoms with Gasteiger partial charge in [-0.3, -0.25) is 0 Å². The van der Waals surface area contributed by atoms with Gasteiger partial charge < -0.3 is 14.6 Å². The molecule has 4 nitrogen and oxygen atoms in total. The van der Waals surface area contributed by atoms with Crippen molar-refractivity contribution in [2.75, 3.05) is 20.3 Å². The molecular weight excluding hydrogens is 262 g/mol. The van der Waals surface area contributed by atoms with Gasteiger partial charge >= 0.3 is 0 Å². The minimum absolute atomic E-state index is 0.328. The fourth-order valence-electron chi connectivity index (χ4n) is 2.09. The molecule has 0 radical (unpaired) electrons. The number of methoxy groups -OCH3 is 1. The van der Waals surface area contributed by atoms with Crippen molar-refractivity contribution in [3.8, 4) is 6.07 Å². The molecule has 19 heavy (non-hydrogen) atoms. The molecule has 0 aliphatic heterocycles. The smallest absolute Gasteiger partial charge is 0.110 e. The third kappa shape index (κ3) is 3.27. The molecule has 0 aliphatic carbocycles. The Bertz CT molecular complexity index is 600. The predicted octanol–water partition coefficient (Wildman–Crippen LogP) is 2.55. The number of rotatable bonds is 6. The Morgan fingerprint density at radius 3 is 3.05 bits per heavy atom. The van der Waals surface area contributed by atoms with E-state index in [0.717, 1.165) is 29.6 Å². The Hall–Kier alpha value is -1.54. The SMILES string of the molecule is COCCNCc1cn(CC#N)c2cc(Cl)ccc12. The Morgan fingerprint density at radius 1 is 1.47 bits per heavy atom. The van der Waals surface area contributed by atoms with Crippen LogP contribution in [0.1, 0.15) is 5.56 Å². The van der Waals surface area contributed by atoms with Crippen molar-refractivity contribution in [3.63, 3.8) is 0 Å². The number of hydrogen-bond donors (Lipinski definition) is 1. The van der Waals surface area contributed by atoms with Crippen LogP contribution in [-0.2, 0) is 17.8 Å². The van der Waals surface area contributed by atoms with Crippen molar-refractivity contribution in [2.45, 2.75) is 13.1 Å². The zero-order valence-electron chi connectivity index (χ0n) is 10.8. The number of nitriles is 1. The van der Waals surface area contributed by atoms with E-state index >= 15 is 0 Å². The summed E-state index contributed by atoms with van der Waals surface area (Å²) in [5.41, 5.74) is 2.16. The first-order valence-corrected chi connectivity index (χ1v) is 6.48. The van der Waals surface area contributed by atoms with Gasteiger partial charge in [0.05, 0.1) is 18.2 Å². The molecule has 2 rings (SSSR count). The molecule has 5 heteroatoms. The van der Waals surface area contributed by atoms with Crippen molar-refractivity contribution in [1.82, 2.24) is 9.88 Å². The maximum atomic E-state index is 8.87. The third-order valence-electron chi connectivity index (χ3n) is 2.97. The summed E-state index contributed by atoms with van der Waals surface area (Å²) in [6, 6.07) is 7.93. The summed E-state index contributed by atoms with van der Waals surface area (Å²) in [7, 11) is 1.68. The molecule has 1 aromatic carbocycles. The van der Waals surface area contributed by atoms with E-state index in [0.29, 0.717) is 18.2 Å². The van der Waals surface area contributed by atoms with Crippen molar-refractivity contribution >= 4 is 22.5 Å². The number of halogens is 1.